The van der Waals surface area contributed by atoms with Gasteiger partial charge in [0.15, 0.2) is 5.13 Å². The predicted molar refractivity (Wildman–Crippen MR) is 135 cm³/mol. The third-order valence-electron chi connectivity index (χ3n) is 6.51. The zero-order valence-corrected chi connectivity index (χ0v) is 20.3. The second-order valence-corrected chi connectivity index (χ2v) is 9.71. The zero-order chi connectivity index (χ0) is 24.4. The molecule has 3 aromatic rings. The highest BCUT2D eigenvalue weighted by Gasteiger charge is 2.37. The standard InChI is InChI=1S/C26H27N5O3S/c1-18(32)27-26-28-23(17-35-26)25(34)30-13-11-29(12-14-30)22-15-31(16-22)24(33)21-9-7-20(8-10-21)19-5-3-2-4-6-19/h2-10,17,22H,11-16H2,1H3,(H,27,28,32). The first-order valence-corrected chi connectivity index (χ1v) is 12.6. The fourth-order valence-corrected chi connectivity index (χ4v) is 5.23. The number of aromatic nitrogens is 1. The molecule has 8 nitrogen and oxygen atoms in total. The van der Waals surface area contributed by atoms with Crippen molar-refractivity contribution in [3.8, 4) is 11.1 Å². The molecule has 35 heavy (non-hydrogen) atoms. The van der Waals surface area contributed by atoms with Crippen LogP contribution in [0.25, 0.3) is 11.1 Å². The summed E-state index contributed by atoms with van der Waals surface area (Å²) in [5.41, 5.74) is 3.31. The van der Waals surface area contributed by atoms with Gasteiger partial charge in [-0.15, -0.1) is 11.3 Å². The fourth-order valence-electron chi connectivity index (χ4n) is 4.50. The van der Waals surface area contributed by atoms with Crippen LogP contribution in [0, 0.1) is 0 Å². The highest BCUT2D eigenvalue weighted by Crippen LogP contribution is 2.23. The summed E-state index contributed by atoms with van der Waals surface area (Å²) in [6, 6.07) is 18.2. The van der Waals surface area contributed by atoms with Gasteiger partial charge < -0.3 is 15.1 Å². The van der Waals surface area contributed by atoms with Crippen LogP contribution in [-0.4, -0.2) is 82.7 Å². The van der Waals surface area contributed by atoms with Gasteiger partial charge in [0, 0.05) is 63.2 Å². The molecule has 1 aromatic heterocycles. The van der Waals surface area contributed by atoms with Crippen molar-refractivity contribution in [1.29, 1.82) is 0 Å². The van der Waals surface area contributed by atoms with Crippen LogP contribution < -0.4 is 5.32 Å². The van der Waals surface area contributed by atoms with Crippen molar-refractivity contribution in [3.63, 3.8) is 0 Å². The molecule has 2 saturated heterocycles. The fraction of sp³-hybridized carbons (Fsp3) is 0.308. The number of likely N-dealkylation sites (tertiary alicyclic amines) is 1. The van der Waals surface area contributed by atoms with E-state index in [0.717, 1.165) is 24.2 Å². The molecule has 0 aliphatic carbocycles. The molecule has 0 saturated carbocycles. The first-order valence-electron chi connectivity index (χ1n) is 11.7. The van der Waals surface area contributed by atoms with E-state index in [-0.39, 0.29) is 17.7 Å². The Hall–Kier alpha value is -3.56. The maximum Gasteiger partial charge on any atom is 0.273 e. The Morgan fingerprint density at radius 1 is 0.857 bits per heavy atom. The summed E-state index contributed by atoms with van der Waals surface area (Å²) in [6.45, 7) is 5.62. The van der Waals surface area contributed by atoms with E-state index in [0.29, 0.717) is 48.6 Å². The SMILES string of the molecule is CC(=O)Nc1nc(C(=O)N2CCN(C3CN(C(=O)c4ccc(-c5ccccc5)cc4)C3)CC2)cs1. The molecule has 0 unspecified atom stereocenters. The second-order valence-electron chi connectivity index (χ2n) is 8.85. The van der Waals surface area contributed by atoms with E-state index in [9.17, 15) is 14.4 Å². The molecule has 1 N–H and O–H groups in total. The lowest BCUT2D eigenvalue weighted by atomic mass is 10.0. The summed E-state index contributed by atoms with van der Waals surface area (Å²) in [5, 5.41) is 4.73. The Labute approximate surface area is 208 Å². The van der Waals surface area contributed by atoms with Gasteiger partial charge >= 0.3 is 0 Å². The topological polar surface area (TPSA) is 85.8 Å². The summed E-state index contributed by atoms with van der Waals surface area (Å²) < 4.78 is 0. The largest absolute Gasteiger partial charge is 0.335 e. The Bertz CT molecular complexity index is 1210. The summed E-state index contributed by atoms with van der Waals surface area (Å²) in [5.74, 6) is -0.251. The maximum atomic E-state index is 12.9. The number of thiazole rings is 1. The van der Waals surface area contributed by atoms with Crippen LogP contribution in [0.2, 0.25) is 0 Å². The first kappa shape index (κ1) is 23.2. The van der Waals surface area contributed by atoms with Crippen molar-refractivity contribution in [2.24, 2.45) is 0 Å². The molecule has 0 spiro atoms. The molecule has 2 fully saturated rings. The number of nitrogens with zero attached hydrogens (tertiary/aromatic N) is 4. The van der Waals surface area contributed by atoms with Gasteiger partial charge in [0.1, 0.15) is 5.69 Å². The molecule has 0 bridgehead atoms. The highest BCUT2D eigenvalue weighted by molar-refractivity contribution is 7.14. The Balaban J connectivity index is 1.09. The van der Waals surface area contributed by atoms with Gasteiger partial charge in [-0.2, -0.15) is 0 Å². The smallest absolute Gasteiger partial charge is 0.273 e. The number of amides is 3. The minimum Gasteiger partial charge on any atom is -0.335 e. The number of carbonyl (C=O) groups is 3. The number of carbonyl (C=O) groups excluding carboxylic acids is 3. The van der Waals surface area contributed by atoms with E-state index in [4.69, 9.17) is 0 Å². The summed E-state index contributed by atoms with van der Waals surface area (Å²) in [7, 11) is 0. The number of hydrogen-bond acceptors (Lipinski definition) is 6. The lowest BCUT2D eigenvalue weighted by Gasteiger charge is -2.48. The Morgan fingerprint density at radius 3 is 2.17 bits per heavy atom. The quantitative estimate of drug-likeness (QED) is 0.596. The van der Waals surface area contributed by atoms with Crippen LogP contribution in [0.15, 0.2) is 60.0 Å². The van der Waals surface area contributed by atoms with Gasteiger partial charge in [-0.1, -0.05) is 42.5 Å². The van der Waals surface area contributed by atoms with Gasteiger partial charge in [-0.25, -0.2) is 4.98 Å². The van der Waals surface area contributed by atoms with Crippen LogP contribution in [0.3, 0.4) is 0 Å². The minimum atomic E-state index is -0.204. The van der Waals surface area contributed by atoms with E-state index in [1.807, 2.05) is 47.4 Å². The second kappa shape index (κ2) is 9.97. The molecular weight excluding hydrogens is 462 g/mol. The average Bonchev–Trinajstić information content (AvgIpc) is 3.31. The summed E-state index contributed by atoms with van der Waals surface area (Å²) in [6.07, 6.45) is 0. The molecule has 3 heterocycles. The molecule has 0 radical (unpaired) electrons. The number of piperazine rings is 1. The van der Waals surface area contributed by atoms with Crippen LogP contribution in [0.1, 0.15) is 27.8 Å². The molecule has 2 aromatic carbocycles. The number of anilines is 1. The van der Waals surface area contributed by atoms with Crippen molar-refractivity contribution >= 4 is 34.2 Å². The summed E-state index contributed by atoms with van der Waals surface area (Å²) >= 11 is 1.25. The Morgan fingerprint density at radius 2 is 1.51 bits per heavy atom. The van der Waals surface area contributed by atoms with Crippen LogP contribution in [0.4, 0.5) is 5.13 Å². The van der Waals surface area contributed by atoms with Crippen LogP contribution in [0.5, 0.6) is 0 Å². The van der Waals surface area contributed by atoms with Gasteiger partial charge in [0.2, 0.25) is 5.91 Å². The van der Waals surface area contributed by atoms with E-state index in [2.05, 4.69) is 27.3 Å². The highest BCUT2D eigenvalue weighted by atomic mass is 32.1. The minimum absolute atomic E-state index is 0.0631. The van der Waals surface area contributed by atoms with E-state index >= 15 is 0 Å². The van der Waals surface area contributed by atoms with E-state index < -0.39 is 0 Å². The first-order chi connectivity index (χ1) is 17.0. The third-order valence-corrected chi connectivity index (χ3v) is 7.27. The maximum absolute atomic E-state index is 12.9. The van der Waals surface area contributed by atoms with Crippen molar-refractivity contribution in [2.45, 2.75) is 13.0 Å². The molecule has 180 valence electrons. The Kier molecular flexibility index (Phi) is 6.61. The third kappa shape index (κ3) is 5.11. The van der Waals surface area contributed by atoms with Gasteiger partial charge in [0.25, 0.3) is 11.8 Å². The molecule has 2 aliphatic rings. The average molecular weight is 490 g/mol. The predicted octanol–water partition coefficient (Wildman–Crippen LogP) is 3.05. The van der Waals surface area contributed by atoms with E-state index in [1.165, 1.54) is 18.3 Å². The van der Waals surface area contributed by atoms with Crippen molar-refractivity contribution in [3.05, 3.63) is 71.2 Å². The normalized spacial score (nSPS) is 16.6. The summed E-state index contributed by atoms with van der Waals surface area (Å²) in [4.78, 5) is 47.1. The van der Waals surface area contributed by atoms with E-state index in [1.54, 1.807) is 10.3 Å². The van der Waals surface area contributed by atoms with Crippen LogP contribution >= 0.6 is 11.3 Å². The lowest BCUT2D eigenvalue weighted by Crippen LogP contribution is -2.64. The molecule has 9 heteroatoms. The number of rotatable bonds is 5. The van der Waals surface area contributed by atoms with Crippen LogP contribution in [-0.2, 0) is 4.79 Å². The zero-order valence-electron chi connectivity index (χ0n) is 19.5. The number of benzene rings is 2. The monoisotopic (exact) mass is 489 g/mol. The van der Waals surface area contributed by atoms with Crippen molar-refractivity contribution in [2.75, 3.05) is 44.6 Å². The number of nitrogens with one attached hydrogen (secondary N) is 1. The van der Waals surface area contributed by atoms with Gasteiger partial charge in [-0.3, -0.25) is 19.3 Å². The molecular formula is C26H27N5O3S. The molecule has 5 rings (SSSR count). The van der Waals surface area contributed by atoms with Crippen molar-refractivity contribution in [1.82, 2.24) is 19.7 Å². The molecule has 3 amide bonds. The molecule has 2 aliphatic heterocycles. The lowest BCUT2D eigenvalue weighted by molar-refractivity contribution is -0.114. The molecule has 0 atom stereocenters. The van der Waals surface area contributed by atoms with Crippen molar-refractivity contribution < 1.29 is 14.4 Å². The van der Waals surface area contributed by atoms with Gasteiger partial charge in [0.05, 0.1) is 0 Å². The number of hydrogen-bond donors (Lipinski definition) is 1. The van der Waals surface area contributed by atoms with Gasteiger partial charge in [-0.05, 0) is 23.3 Å².